The van der Waals surface area contributed by atoms with Crippen molar-refractivity contribution in [1.82, 2.24) is 19.8 Å². The van der Waals surface area contributed by atoms with E-state index in [9.17, 15) is 4.39 Å². The first-order valence-electron chi connectivity index (χ1n) is 9.07. The monoisotopic (exact) mass is 376 g/mol. The van der Waals surface area contributed by atoms with E-state index in [1.54, 1.807) is 16.8 Å². The van der Waals surface area contributed by atoms with E-state index in [1.165, 1.54) is 6.07 Å². The van der Waals surface area contributed by atoms with Crippen LogP contribution in [0.15, 0.2) is 71.4 Å². The summed E-state index contributed by atoms with van der Waals surface area (Å²) in [7, 11) is 3.84. The van der Waals surface area contributed by atoms with Gasteiger partial charge in [-0.2, -0.15) is 5.10 Å². The Kier molecular flexibility index (Phi) is 5.04. The van der Waals surface area contributed by atoms with Crippen molar-refractivity contribution in [2.24, 2.45) is 7.05 Å². The predicted octanol–water partition coefficient (Wildman–Crippen LogP) is 4.51. The Labute approximate surface area is 163 Å². The molecule has 0 N–H and O–H groups in total. The highest BCUT2D eigenvalue weighted by molar-refractivity contribution is 5.63. The molecule has 0 saturated carbocycles. The number of nitrogens with zero attached hydrogens (tertiary/aromatic N) is 4. The molecular weight excluding hydrogens is 355 g/mol. The molecule has 4 aromatic rings. The van der Waals surface area contributed by atoms with Crippen LogP contribution < -0.4 is 0 Å². The zero-order chi connectivity index (χ0) is 19.5. The lowest BCUT2D eigenvalue weighted by atomic mass is 10.1. The van der Waals surface area contributed by atoms with Gasteiger partial charge in [-0.05, 0) is 19.2 Å². The van der Waals surface area contributed by atoms with Crippen LogP contribution in [0.3, 0.4) is 0 Å². The van der Waals surface area contributed by atoms with Crippen LogP contribution in [-0.4, -0.2) is 26.9 Å². The van der Waals surface area contributed by atoms with Gasteiger partial charge in [-0.25, -0.2) is 4.39 Å². The van der Waals surface area contributed by atoms with Crippen molar-refractivity contribution in [2.75, 3.05) is 7.05 Å². The fourth-order valence-electron chi connectivity index (χ4n) is 3.28. The number of aryl methyl sites for hydroxylation is 1. The molecule has 2 heterocycles. The highest BCUT2D eigenvalue weighted by Crippen LogP contribution is 2.26. The van der Waals surface area contributed by atoms with Gasteiger partial charge in [0.25, 0.3) is 0 Å². The number of halogens is 1. The van der Waals surface area contributed by atoms with Crippen molar-refractivity contribution < 1.29 is 8.91 Å². The molecule has 0 aliphatic carbocycles. The smallest absolute Gasteiger partial charge is 0.167 e. The molecule has 0 unspecified atom stereocenters. The summed E-state index contributed by atoms with van der Waals surface area (Å²) in [6.07, 6.45) is 1.93. The Morgan fingerprint density at radius 1 is 1.04 bits per heavy atom. The minimum atomic E-state index is -0.269. The summed E-state index contributed by atoms with van der Waals surface area (Å²) < 4.78 is 21.4. The fourth-order valence-corrected chi connectivity index (χ4v) is 3.28. The molecule has 0 saturated heterocycles. The van der Waals surface area contributed by atoms with E-state index < -0.39 is 0 Å². The molecule has 2 aromatic heterocycles. The van der Waals surface area contributed by atoms with Crippen LogP contribution >= 0.6 is 0 Å². The number of hydrogen-bond donors (Lipinski definition) is 0. The van der Waals surface area contributed by atoms with Crippen molar-refractivity contribution in [3.63, 3.8) is 0 Å². The molecule has 5 nitrogen and oxygen atoms in total. The molecule has 0 bridgehead atoms. The van der Waals surface area contributed by atoms with E-state index in [2.05, 4.69) is 15.2 Å². The van der Waals surface area contributed by atoms with Gasteiger partial charge in [0.1, 0.15) is 5.82 Å². The van der Waals surface area contributed by atoms with Crippen LogP contribution in [0, 0.1) is 5.82 Å². The van der Waals surface area contributed by atoms with Gasteiger partial charge in [0.05, 0.1) is 11.4 Å². The first kappa shape index (κ1) is 18.1. The van der Waals surface area contributed by atoms with Crippen LogP contribution in [0.5, 0.6) is 0 Å². The standard InChI is InChI=1S/C22H21FN4O/c1-26(15-18-12-21(28-25-18)16-8-4-3-5-9-16)13-17-14-27(2)24-22(17)19-10-6-7-11-20(19)23/h3-12,14H,13,15H2,1-2H3. The molecule has 28 heavy (non-hydrogen) atoms. The maximum absolute atomic E-state index is 14.2. The minimum Gasteiger partial charge on any atom is -0.356 e. The third-order valence-corrected chi connectivity index (χ3v) is 4.52. The van der Waals surface area contributed by atoms with E-state index in [1.807, 2.05) is 62.8 Å². The van der Waals surface area contributed by atoms with E-state index in [0.29, 0.717) is 24.3 Å². The maximum atomic E-state index is 14.2. The quantitative estimate of drug-likeness (QED) is 0.497. The zero-order valence-electron chi connectivity index (χ0n) is 15.8. The van der Waals surface area contributed by atoms with E-state index >= 15 is 0 Å². The zero-order valence-corrected chi connectivity index (χ0v) is 15.8. The normalized spacial score (nSPS) is 11.3. The Bertz CT molecular complexity index is 1070. The summed E-state index contributed by atoms with van der Waals surface area (Å²) in [6.45, 7) is 1.23. The van der Waals surface area contributed by atoms with E-state index in [-0.39, 0.29) is 5.82 Å². The molecule has 4 rings (SSSR count). The van der Waals surface area contributed by atoms with Gasteiger partial charge in [-0.15, -0.1) is 0 Å². The van der Waals surface area contributed by atoms with Crippen molar-refractivity contribution in [3.05, 3.63) is 83.9 Å². The Morgan fingerprint density at radius 3 is 2.57 bits per heavy atom. The lowest BCUT2D eigenvalue weighted by Crippen LogP contribution is -2.17. The molecule has 142 valence electrons. The van der Waals surface area contributed by atoms with Crippen LogP contribution in [0.4, 0.5) is 4.39 Å². The molecule has 0 atom stereocenters. The second-order valence-electron chi connectivity index (χ2n) is 6.88. The van der Waals surface area contributed by atoms with Gasteiger partial charge >= 0.3 is 0 Å². The number of rotatable bonds is 6. The Hall–Kier alpha value is -3.25. The summed E-state index contributed by atoms with van der Waals surface area (Å²) in [5.74, 6) is 0.478. The highest BCUT2D eigenvalue weighted by atomic mass is 19.1. The van der Waals surface area contributed by atoms with Crippen LogP contribution in [0.25, 0.3) is 22.6 Å². The molecule has 0 fully saturated rings. The predicted molar refractivity (Wildman–Crippen MR) is 106 cm³/mol. The van der Waals surface area contributed by atoms with Crippen LogP contribution in [0.1, 0.15) is 11.3 Å². The van der Waals surface area contributed by atoms with Crippen molar-refractivity contribution in [3.8, 4) is 22.6 Å². The minimum absolute atomic E-state index is 0.269. The van der Waals surface area contributed by atoms with Crippen molar-refractivity contribution >= 4 is 0 Å². The van der Waals surface area contributed by atoms with Gasteiger partial charge in [0.15, 0.2) is 5.76 Å². The molecule has 0 aliphatic heterocycles. The second kappa shape index (κ2) is 7.78. The third kappa shape index (κ3) is 3.87. The molecule has 0 radical (unpaired) electrons. The SMILES string of the molecule is CN(Cc1cc(-c2ccccc2)on1)Cc1cn(C)nc1-c1ccccc1F. The second-order valence-corrected chi connectivity index (χ2v) is 6.88. The van der Waals surface area contributed by atoms with Crippen molar-refractivity contribution in [1.29, 1.82) is 0 Å². The topological polar surface area (TPSA) is 47.1 Å². The highest BCUT2D eigenvalue weighted by Gasteiger charge is 2.16. The van der Waals surface area contributed by atoms with Gasteiger partial charge < -0.3 is 4.52 Å². The van der Waals surface area contributed by atoms with Gasteiger partial charge in [0, 0.05) is 49.1 Å². The van der Waals surface area contributed by atoms with Gasteiger partial charge in [-0.3, -0.25) is 9.58 Å². The average molecular weight is 376 g/mol. The molecule has 0 spiro atoms. The average Bonchev–Trinajstić information content (AvgIpc) is 3.29. The van der Waals surface area contributed by atoms with E-state index in [4.69, 9.17) is 4.52 Å². The first-order chi connectivity index (χ1) is 13.6. The van der Waals surface area contributed by atoms with Crippen molar-refractivity contribution in [2.45, 2.75) is 13.1 Å². The fraction of sp³-hybridized carbons (Fsp3) is 0.182. The van der Waals surface area contributed by atoms with Crippen LogP contribution in [-0.2, 0) is 20.1 Å². The third-order valence-electron chi connectivity index (χ3n) is 4.52. The molecule has 0 aliphatic rings. The summed E-state index contributed by atoms with van der Waals surface area (Å²) in [5, 5.41) is 8.64. The lowest BCUT2D eigenvalue weighted by molar-refractivity contribution is 0.304. The molecular formula is C22H21FN4O. The lowest BCUT2D eigenvalue weighted by Gasteiger charge is -2.14. The first-order valence-corrected chi connectivity index (χ1v) is 9.07. The Balaban J connectivity index is 1.50. The molecule has 2 aromatic carbocycles. The summed E-state index contributed by atoms with van der Waals surface area (Å²) in [6, 6.07) is 18.6. The summed E-state index contributed by atoms with van der Waals surface area (Å²) >= 11 is 0. The molecule has 6 heteroatoms. The van der Waals surface area contributed by atoms with Gasteiger partial charge in [0.2, 0.25) is 0 Å². The largest absolute Gasteiger partial charge is 0.356 e. The summed E-state index contributed by atoms with van der Waals surface area (Å²) in [5.41, 5.74) is 3.98. The Morgan fingerprint density at radius 2 is 1.79 bits per heavy atom. The maximum Gasteiger partial charge on any atom is 0.167 e. The van der Waals surface area contributed by atoms with Gasteiger partial charge in [-0.1, -0.05) is 47.6 Å². The molecule has 0 amide bonds. The number of benzene rings is 2. The van der Waals surface area contributed by atoms with E-state index in [0.717, 1.165) is 22.6 Å². The number of aromatic nitrogens is 3. The van der Waals surface area contributed by atoms with Crippen LogP contribution in [0.2, 0.25) is 0 Å². The number of hydrogen-bond acceptors (Lipinski definition) is 4. The summed E-state index contributed by atoms with van der Waals surface area (Å²) in [4.78, 5) is 2.11.